The maximum Gasteiger partial charge on any atom is 0.343 e. The molecule has 4 nitrogen and oxygen atoms in total. The van der Waals surface area contributed by atoms with Crippen LogP contribution in [0.25, 0.3) is 11.1 Å². The summed E-state index contributed by atoms with van der Waals surface area (Å²) in [6.07, 6.45) is 16.1. The lowest BCUT2D eigenvalue weighted by Crippen LogP contribution is -2.15. The van der Waals surface area contributed by atoms with Crippen molar-refractivity contribution in [3.05, 3.63) is 83.4 Å². The smallest absolute Gasteiger partial charge is 0.343 e. The van der Waals surface area contributed by atoms with E-state index in [0.717, 1.165) is 54.2 Å². The Morgan fingerprint density at radius 1 is 0.762 bits per heavy atom. The zero-order valence-electron chi connectivity index (χ0n) is 25.6. The van der Waals surface area contributed by atoms with Crippen LogP contribution in [0.3, 0.4) is 0 Å². The number of benzene rings is 3. The van der Waals surface area contributed by atoms with Crippen LogP contribution in [-0.4, -0.2) is 12.6 Å². The van der Waals surface area contributed by atoms with Crippen LogP contribution >= 0.6 is 0 Å². The van der Waals surface area contributed by atoms with Crippen LogP contribution in [0.4, 0.5) is 0 Å². The van der Waals surface area contributed by atoms with Crippen molar-refractivity contribution >= 4 is 5.97 Å². The predicted molar refractivity (Wildman–Crippen MR) is 171 cm³/mol. The minimum atomic E-state index is -0.443. The average Bonchev–Trinajstić information content (AvgIpc) is 3.03. The van der Waals surface area contributed by atoms with Crippen molar-refractivity contribution in [3.8, 4) is 28.7 Å². The van der Waals surface area contributed by atoms with E-state index in [1.807, 2.05) is 48.5 Å². The highest BCUT2D eigenvalue weighted by atomic mass is 16.5. The summed E-state index contributed by atoms with van der Waals surface area (Å²) in [5, 5.41) is 9.87. The lowest BCUT2D eigenvalue weighted by molar-refractivity contribution is 0.0734. The number of nitrogens with zero attached hydrogens (tertiary/aromatic N) is 1. The highest BCUT2D eigenvalue weighted by molar-refractivity contribution is 5.91. The fourth-order valence-electron chi connectivity index (χ4n) is 6.10. The Balaban J connectivity index is 1.29. The third-order valence-corrected chi connectivity index (χ3v) is 8.68. The van der Waals surface area contributed by atoms with Gasteiger partial charge in [0, 0.05) is 0 Å². The van der Waals surface area contributed by atoms with Gasteiger partial charge < -0.3 is 9.47 Å². The topological polar surface area (TPSA) is 59.3 Å². The number of esters is 1. The van der Waals surface area contributed by atoms with Gasteiger partial charge in [-0.15, -0.1) is 0 Å². The molecule has 1 saturated carbocycles. The van der Waals surface area contributed by atoms with Gasteiger partial charge in [0.05, 0.1) is 23.8 Å². The number of hydrogen-bond acceptors (Lipinski definition) is 4. The molecule has 1 aliphatic rings. The number of ether oxygens (including phenoxy) is 2. The van der Waals surface area contributed by atoms with E-state index in [1.165, 1.54) is 64.2 Å². The first-order valence-electron chi connectivity index (χ1n) is 16.2. The van der Waals surface area contributed by atoms with Gasteiger partial charge in [-0.1, -0.05) is 95.5 Å². The molecule has 0 radical (unpaired) electrons. The molecule has 0 bridgehead atoms. The van der Waals surface area contributed by atoms with Crippen LogP contribution in [0.2, 0.25) is 0 Å². The van der Waals surface area contributed by atoms with Crippen molar-refractivity contribution in [2.24, 2.45) is 5.92 Å². The minimum absolute atomic E-state index is 0.399. The largest absolute Gasteiger partial charge is 0.494 e. The Morgan fingerprint density at radius 2 is 1.38 bits per heavy atom. The second-order valence-electron chi connectivity index (χ2n) is 11.8. The number of hydrogen-bond donors (Lipinski definition) is 0. The Bertz CT molecular complexity index is 1280. The van der Waals surface area contributed by atoms with Gasteiger partial charge in [-0.05, 0) is 97.0 Å². The second-order valence-corrected chi connectivity index (χ2v) is 11.8. The first kappa shape index (κ1) is 31.4. The Hall–Kier alpha value is -3.58. The maximum atomic E-state index is 12.9. The third kappa shape index (κ3) is 9.21. The van der Waals surface area contributed by atoms with Crippen LogP contribution in [0.15, 0.2) is 66.7 Å². The van der Waals surface area contributed by atoms with Gasteiger partial charge in [0.2, 0.25) is 0 Å². The van der Waals surface area contributed by atoms with E-state index in [-0.39, 0.29) is 0 Å². The number of rotatable bonds is 15. The molecule has 0 atom stereocenters. The second kappa shape index (κ2) is 16.8. The highest BCUT2D eigenvalue weighted by Gasteiger charge is 2.24. The molecule has 42 heavy (non-hydrogen) atoms. The molecule has 0 aromatic heterocycles. The third-order valence-electron chi connectivity index (χ3n) is 8.68. The average molecular weight is 566 g/mol. The van der Waals surface area contributed by atoms with Crippen LogP contribution < -0.4 is 9.47 Å². The van der Waals surface area contributed by atoms with Crippen molar-refractivity contribution in [3.63, 3.8) is 0 Å². The molecule has 0 spiro atoms. The van der Waals surface area contributed by atoms with E-state index in [9.17, 15) is 10.1 Å². The highest BCUT2D eigenvalue weighted by Crippen LogP contribution is 2.39. The van der Waals surface area contributed by atoms with Crippen molar-refractivity contribution in [2.45, 2.75) is 103 Å². The van der Waals surface area contributed by atoms with Gasteiger partial charge in [0.1, 0.15) is 11.5 Å². The molecule has 222 valence electrons. The van der Waals surface area contributed by atoms with Crippen molar-refractivity contribution in [2.75, 3.05) is 6.61 Å². The molecule has 0 amide bonds. The van der Waals surface area contributed by atoms with Crippen molar-refractivity contribution in [1.29, 1.82) is 5.26 Å². The summed E-state index contributed by atoms with van der Waals surface area (Å²) in [4.78, 5) is 12.9. The molecule has 0 aliphatic heterocycles. The van der Waals surface area contributed by atoms with Gasteiger partial charge in [-0.2, -0.15) is 5.26 Å². The van der Waals surface area contributed by atoms with Crippen LogP contribution in [0.1, 0.15) is 125 Å². The quantitative estimate of drug-likeness (QED) is 0.104. The standard InChI is InChI=1S/C38H47NO3/c1-3-5-7-8-10-26-41-35-21-16-30(17-22-35)31-18-23-36(24-19-31)42-38(40)33-20-25-37(34(27-33)28-39)32-14-12-29(13-15-32)11-9-6-4-2/h16-25,27,29,32H,3-15,26H2,1-2H3. The summed E-state index contributed by atoms with van der Waals surface area (Å²) in [5.74, 6) is 2.15. The molecule has 4 rings (SSSR count). The zero-order chi connectivity index (χ0) is 29.6. The Labute approximate surface area is 253 Å². The normalized spacial score (nSPS) is 16.5. The summed E-state index contributed by atoms with van der Waals surface area (Å²) in [7, 11) is 0. The van der Waals surface area contributed by atoms with E-state index in [0.29, 0.717) is 22.8 Å². The molecular weight excluding hydrogens is 518 g/mol. The summed E-state index contributed by atoms with van der Waals surface area (Å²) < 4.78 is 11.6. The molecule has 3 aromatic rings. The summed E-state index contributed by atoms with van der Waals surface area (Å²) in [6, 6.07) is 23.5. The van der Waals surface area contributed by atoms with Gasteiger partial charge in [-0.25, -0.2) is 4.79 Å². The molecule has 0 heterocycles. The van der Waals surface area contributed by atoms with Gasteiger partial charge >= 0.3 is 5.97 Å². The molecule has 0 saturated heterocycles. The first-order chi connectivity index (χ1) is 20.6. The SMILES string of the molecule is CCCCCCCOc1ccc(-c2ccc(OC(=O)c3ccc(C4CCC(CCCCC)CC4)c(C#N)c3)cc2)cc1. The fraction of sp³-hybridized carbons (Fsp3) is 0.474. The van der Waals surface area contributed by atoms with E-state index in [2.05, 4.69) is 32.0 Å². The van der Waals surface area contributed by atoms with E-state index >= 15 is 0 Å². The molecule has 1 aliphatic carbocycles. The number of carbonyl (C=O) groups is 1. The van der Waals surface area contributed by atoms with Crippen LogP contribution in [0, 0.1) is 17.2 Å². The fourth-order valence-corrected chi connectivity index (χ4v) is 6.10. The van der Waals surface area contributed by atoms with E-state index in [4.69, 9.17) is 9.47 Å². The van der Waals surface area contributed by atoms with Crippen molar-refractivity contribution in [1.82, 2.24) is 0 Å². The summed E-state index contributed by atoms with van der Waals surface area (Å²) in [5.41, 5.74) is 4.20. The van der Waals surface area contributed by atoms with Crippen molar-refractivity contribution < 1.29 is 14.3 Å². The lowest BCUT2D eigenvalue weighted by Gasteiger charge is -2.29. The Kier molecular flexibility index (Phi) is 12.5. The van der Waals surface area contributed by atoms with Gasteiger partial charge in [-0.3, -0.25) is 0 Å². The number of nitriles is 1. The molecule has 0 unspecified atom stereocenters. The molecular formula is C38H47NO3. The van der Waals surface area contributed by atoms with E-state index < -0.39 is 5.97 Å². The van der Waals surface area contributed by atoms with Crippen LogP contribution in [-0.2, 0) is 0 Å². The zero-order valence-corrected chi connectivity index (χ0v) is 25.6. The monoisotopic (exact) mass is 565 g/mol. The van der Waals surface area contributed by atoms with Gasteiger partial charge in [0.15, 0.2) is 0 Å². The maximum absolute atomic E-state index is 12.9. The predicted octanol–water partition coefficient (Wildman–Crippen LogP) is 10.6. The summed E-state index contributed by atoms with van der Waals surface area (Å²) in [6.45, 7) is 5.23. The molecule has 3 aromatic carbocycles. The molecule has 4 heteroatoms. The molecule has 1 fully saturated rings. The van der Waals surface area contributed by atoms with Gasteiger partial charge in [0.25, 0.3) is 0 Å². The summed E-state index contributed by atoms with van der Waals surface area (Å²) >= 11 is 0. The lowest BCUT2D eigenvalue weighted by atomic mass is 9.76. The Morgan fingerprint density at radius 3 is 2.02 bits per heavy atom. The van der Waals surface area contributed by atoms with E-state index in [1.54, 1.807) is 6.07 Å². The minimum Gasteiger partial charge on any atom is -0.494 e. The number of carbonyl (C=O) groups excluding carboxylic acids is 1. The van der Waals surface area contributed by atoms with Crippen LogP contribution in [0.5, 0.6) is 11.5 Å². The number of unbranched alkanes of at least 4 members (excludes halogenated alkanes) is 6. The molecule has 0 N–H and O–H groups in total. The first-order valence-corrected chi connectivity index (χ1v) is 16.2.